The molecule has 4 heteroatoms. The Labute approximate surface area is 86.8 Å². The first-order chi connectivity index (χ1) is 7.18. The molecule has 0 unspecified atom stereocenters. The molecule has 0 aliphatic carbocycles. The lowest BCUT2D eigenvalue weighted by Gasteiger charge is -2.04. The molecule has 15 heavy (non-hydrogen) atoms. The van der Waals surface area contributed by atoms with Gasteiger partial charge < -0.3 is 5.73 Å². The van der Waals surface area contributed by atoms with Gasteiger partial charge in [-0.15, -0.1) is 0 Å². The molecule has 0 fully saturated rings. The highest BCUT2D eigenvalue weighted by Crippen LogP contribution is 2.18. The van der Waals surface area contributed by atoms with Crippen LogP contribution in [0, 0.1) is 12.7 Å². The summed E-state index contributed by atoms with van der Waals surface area (Å²) in [5.74, 6) is -0.206. The zero-order chi connectivity index (χ0) is 10.8. The summed E-state index contributed by atoms with van der Waals surface area (Å²) in [6.45, 7) is 1.57. The van der Waals surface area contributed by atoms with Crippen molar-refractivity contribution in [1.82, 2.24) is 9.97 Å². The topological polar surface area (TPSA) is 51.8 Å². The first-order valence-electron chi connectivity index (χ1n) is 4.53. The van der Waals surface area contributed by atoms with Crippen molar-refractivity contribution in [2.45, 2.75) is 6.92 Å². The van der Waals surface area contributed by atoms with E-state index in [1.54, 1.807) is 6.92 Å². The van der Waals surface area contributed by atoms with E-state index < -0.39 is 5.82 Å². The highest BCUT2D eigenvalue weighted by Gasteiger charge is 2.09. The largest absolute Gasteiger partial charge is 0.381 e. The van der Waals surface area contributed by atoms with Crippen molar-refractivity contribution in [2.75, 3.05) is 5.73 Å². The average Bonchev–Trinajstić information content (AvgIpc) is 2.26. The van der Waals surface area contributed by atoms with E-state index in [0.717, 1.165) is 5.56 Å². The number of halogens is 1. The van der Waals surface area contributed by atoms with E-state index in [-0.39, 0.29) is 11.5 Å². The van der Waals surface area contributed by atoms with Crippen LogP contribution in [0.5, 0.6) is 0 Å². The Morgan fingerprint density at radius 2 is 1.80 bits per heavy atom. The Hall–Kier alpha value is -1.97. The van der Waals surface area contributed by atoms with Gasteiger partial charge in [0.1, 0.15) is 0 Å². The zero-order valence-electron chi connectivity index (χ0n) is 8.24. The lowest BCUT2D eigenvalue weighted by Crippen LogP contribution is -2.02. The molecule has 0 saturated heterocycles. The number of nitrogens with zero attached hydrogens (tertiary/aromatic N) is 2. The van der Waals surface area contributed by atoms with Crippen molar-refractivity contribution < 1.29 is 4.39 Å². The number of aryl methyl sites for hydroxylation is 1. The maximum atomic E-state index is 13.2. The van der Waals surface area contributed by atoms with Crippen molar-refractivity contribution in [1.29, 1.82) is 0 Å². The van der Waals surface area contributed by atoms with E-state index in [2.05, 4.69) is 9.97 Å². The van der Waals surface area contributed by atoms with Crippen LogP contribution < -0.4 is 5.73 Å². The van der Waals surface area contributed by atoms with Crippen LogP contribution in [0.4, 0.5) is 10.2 Å². The molecule has 0 aliphatic heterocycles. The van der Waals surface area contributed by atoms with E-state index in [9.17, 15) is 4.39 Å². The van der Waals surface area contributed by atoms with Gasteiger partial charge in [0.15, 0.2) is 17.5 Å². The van der Waals surface area contributed by atoms with Gasteiger partial charge in [-0.1, -0.05) is 30.3 Å². The predicted octanol–water partition coefficient (Wildman–Crippen LogP) is 2.17. The van der Waals surface area contributed by atoms with Crippen LogP contribution in [0.1, 0.15) is 5.69 Å². The fourth-order valence-electron chi connectivity index (χ4n) is 1.30. The number of benzene rings is 1. The molecule has 76 valence electrons. The highest BCUT2D eigenvalue weighted by molar-refractivity contribution is 5.56. The second-order valence-electron chi connectivity index (χ2n) is 3.20. The van der Waals surface area contributed by atoms with Gasteiger partial charge in [0, 0.05) is 5.56 Å². The van der Waals surface area contributed by atoms with E-state index in [1.165, 1.54) is 0 Å². The van der Waals surface area contributed by atoms with Crippen LogP contribution in [-0.2, 0) is 0 Å². The van der Waals surface area contributed by atoms with E-state index >= 15 is 0 Å². The van der Waals surface area contributed by atoms with Crippen molar-refractivity contribution in [3.8, 4) is 11.4 Å². The Morgan fingerprint density at radius 1 is 1.13 bits per heavy atom. The summed E-state index contributed by atoms with van der Waals surface area (Å²) in [5, 5.41) is 0. The van der Waals surface area contributed by atoms with Crippen LogP contribution in [0.2, 0.25) is 0 Å². The van der Waals surface area contributed by atoms with E-state index in [1.807, 2.05) is 30.3 Å². The molecule has 1 heterocycles. The number of anilines is 1. The molecule has 0 bridgehead atoms. The zero-order valence-corrected chi connectivity index (χ0v) is 8.24. The molecule has 1 aromatic carbocycles. The molecule has 0 spiro atoms. The van der Waals surface area contributed by atoms with Gasteiger partial charge in [-0.3, -0.25) is 0 Å². The summed E-state index contributed by atoms with van der Waals surface area (Å²) in [5.41, 5.74) is 6.52. The number of rotatable bonds is 1. The van der Waals surface area contributed by atoms with Gasteiger partial charge >= 0.3 is 0 Å². The highest BCUT2D eigenvalue weighted by atomic mass is 19.1. The van der Waals surface area contributed by atoms with E-state index in [0.29, 0.717) is 5.82 Å². The quantitative estimate of drug-likeness (QED) is 0.772. The molecule has 1 aromatic heterocycles. The summed E-state index contributed by atoms with van der Waals surface area (Å²) in [7, 11) is 0. The standard InChI is InChI=1S/C11H10FN3/c1-7-9(12)10(13)15-11(14-7)8-5-3-2-4-6-8/h2-6H,1H3,(H2,13,14,15). The summed E-state index contributed by atoms with van der Waals surface area (Å²) in [6.07, 6.45) is 0. The lowest BCUT2D eigenvalue weighted by molar-refractivity contribution is 0.608. The third-order valence-corrected chi connectivity index (χ3v) is 2.07. The van der Waals surface area contributed by atoms with Crippen LogP contribution in [0.15, 0.2) is 30.3 Å². The fourth-order valence-corrected chi connectivity index (χ4v) is 1.30. The first-order valence-corrected chi connectivity index (χ1v) is 4.53. The lowest BCUT2D eigenvalue weighted by atomic mass is 10.2. The van der Waals surface area contributed by atoms with Crippen molar-refractivity contribution >= 4 is 5.82 Å². The molecular formula is C11H10FN3. The van der Waals surface area contributed by atoms with Gasteiger partial charge in [-0.25, -0.2) is 14.4 Å². The normalized spacial score (nSPS) is 10.3. The van der Waals surface area contributed by atoms with Crippen molar-refractivity contribution in [2.24, 2.45) is 0 Å². The molecule has 0 radical (unpaired) electrons. The summed E-state index contributed by atoms with van der Waals surface area (Å²) in [6, 6.07) is 9.34. The number of nitrogen functional groups attached to an aromatic ring is 1. The van der Waals surface area contributed by atoms with Gasteiger partial charge in [-0.2, -0.15) is 0 Å². The third kappa shape index (κ3) is 1.79. The minimum Gasteiger partial charge on any atom is -0.381 e. The molecule has 3 nitrogen and oxygen atoms in total. The smallest absolute Gasteiger partial charge is 0.186 e. The van der Waals surface area contributed by atoms with Crippen LogP contribution in [-0.4, -0.2) is 9.97 Å². The number of hydrogen-bond acceptors (Lipinski definition) is 3. The van der Waals surface area contributed by atoms with Gasteiger partial charge in [0.25, 0.3) is 0 Å². The molecule has 0 amide bonds. The Bertz CT molecular complexity index is 459. The number of hydrogen-bond donors (Lipinski definition) is 1. The molecule has 2 rings (SSSR count). The van der Waals surface area contributed by atoms with Crippen LogP contribution in [0.25, 0.3) is 11.4 Å². The Kier molecular flexibility index (Phi) is 2.33. The summed E-state index contributed by atoms with van der Waals surface area (Å²) in [4.78, 5) is 7.93. The SMILES string of the molecule is Cc1nc(-c2ccccc2)nc(N)c1F. The molecule has 0 atom stereocenters. The fraction of sp³-hybridized carbons (Fsp3) is 0.0909. The molecular weight excluding hydrogens is 193 g/mol. The van der Waals surface area contributed by atoms with Gasteiger partial charge in [-0.05, 0) is 6.92 Å². The minimum absolute atomic E-state index is 0.110. The number of nitrogens with two attached hydrogens (primary N) is 1. The summed E-state index contributed by atoms with van der Waals surface area (Å²) < 4.78 is 13.2. The predicted molar refractivity (Wildman–Crippen MR) is 56.6 cm³/mol. The second-order valence-corrected chi connectivity index (χ2v) is 3.20. The second kappa shape index (κ2) is 3.65. The Morgan fingerprint density at radius 3 is 2.40 bits per heavy atom. The summed E-state index contributed by atoms with van der Waals surface area (Å²) >= 11 is 0. The van der Waals surface area contributed by atoms with Gasteiger partial charge in [0.05, 0.1) is 5.69 Å². The number of aromatic nitrogens is 2. The molecule has 2 aromatic rings. The maximum Gasteiger partial charge on any atom is 0.186 e. The van der Waals surface area contributed by atoms with E-state index in [4.69, 9.17) is 5.73 Å². The van der Waals surface area contributed by atoms with Crippen molar-refractivity contribution in [3.05, 3.63) is 41.8 Å². The van der Waals surface area contributed by atoms with Gasteiger partial charge in [0.2, 0.25) is 0 Å². The average molecular weight is 203 g/mol. The Balaban J connectivity index is 2.56. The van der Waals surface area contributed by atoms with Crippen LogP contribution >= 0.6 is 0 Å². The molecule has 0 aliphatic rings. The van der Waals surface area contributed by atoms with Crippen molar-refractivity contribution in [3.63, 3.8) is 0 Å². The molecule has 2 N–H and O–H groups in total. The molecule has 0 saturated carbocycles. The minimum atomic E-state index is -0.547. The first kappa shape index (κ1) is 9.58. The monoisotopic (exact) mass is 203 g/mol. The third-order valence-electron chi connectivity index (χ3n) is 2.07. The maximum absolute atomic E-state index is 13.2. The van der Waals surface area contributed by atoms with Crippen LogP contribution in [0.3, 0.4) is 0 Å².